The van der Waals surface area contributed by atoms with E-state index >= 15 is 0 Å². The number of para-hydroxylation sites is 2. The van der Waals surface area contributed by atoms with Gasteiger partial charge in [0.05, 0.1) is 16.6 Å². The summed E-state index contributed by atoms with van der Waals surface area (Å²) in [4.78, 5) is 15.9. The molecule has 27 heavy (non-hydrogen) atoms. The average Bonchev–Trinajstić information content (AvgIpc) is 3.06. The van der Waals surface area contributed by atoms with Crippen LogP contribution in [-0.4, -0.2) is 25.7 Å². The molecule has 0 amide bonds. The molecule has 0 aliphatic carbocycles. The first-order chi connectivity index (χ1) is 13.2. The minimum Gasteiger partial charge on any atom is -0.478 e. The molecule has 0 aliphatic rings. The zero-order chi connectivity index (χ0) is 18.8. The summed E-state index contributed by atoms with van der Waals surface area (Å²) in [6, 6.07) is 22.6. The number of carbonyl (C=O) groups is 1. The number of rotatable bonds is 5. The highest BCUT2D eigenvalue weighted by Crippen LogP contribution is 2.25. The fraction of sp³-hybridized carbons (Fsp3) is 0.0909. The predicted molar refractivity (Wildman–Crippen MR) is 104 cm³/mol. The fourth-order valence-corrected chi connectivity index (χ4v) is 3.32. The van der Waals surface area contributed by atoms with Crippen molar-refractivity contribution in [1.29, 1.82) is 0 Å². The number of carboxylic acids is 1. The first-order valence-electron chi connectivity index (χ1n) is 8.64. The summed E-state index contributed by atoms with van der Waals surface area (Å²) in [5.74, 6) is -0.316. The van der Waals surface area contributed by atoms with Crippen LogP contribution < -0.4 is 0 Å². The van der Waals surface area contributed by atoms with Gasteiger partial charge < -0.3 is 14.8 Å². The predicted octanol–water partition coefficient (Wildman–Crippen LogP) is 3.94. The monoisotopic (exact) mass is 358 g/mol. The molecule has 0 unspecified atom stereocenters. The van der Waals surface area contributed by atoms with Gasteiger partial charge in [-0.05, 0) is 34.9 Å². The number of hydrogen-bond acceptors (Lipinski definition) is 3. The molecule has 1 aromatic heterocycles. The Labute approximate surface area is 156 Å². The number of aliphatic hydroxyl groups excluding tert-OH is 1. The molecular weight excluding hydrogens is 340 g/mol. The summed E-state index contributed by atoms with van der Waals surface area (Å²) in [6.07, 6.45) is 0. The van der Waals surface area contributed by atoms with Gasteiger partial charge in [0.1, 0.15) is 12.4 Å². The first kappa shape index (κ1) is 17.0. The molecule has 3 aromatic carbocycles. The van der Waals surface area contributed by atoms with Crippen LogP contribution in [0, 0.1) is 0 Å². The van der Waals surface area contributed by atoms with E-state index in [1.807, 2.05) is 65.2 Å². The summed E-state index contributed by atoms with van der Waals surface area (Å²) in [5.41, 5.74) is 4.71. The van der Waals surface area contributed by atoms with Crippen LogP contribution in [0.5, 0.6) is 0 Å². The van der Waals surface area contributed by atoms with Crippen molar-refractivity contribution in [3.8, 4) is 11.1 Å². The van der Waals surface area contributed by atoms with Crippen molar-refractivity contribution < 1.29 is 15.0 Å². The number of carboxylic acid groups (broad SMARTS) is 1. The average molecular weight is 358 g/mol. The molecule has 0 radical (unpaired) electrons. The zero-order valence-corrected chi connectivity index (χ0v) is 14.5. The number of benzene rings is 3. The molecule has 0 saturated carbocycles. The second-order valence-corrected chi connectivity index (χ2v) is 6.31. The van der Waals surface area contributed by atoms with E-state index in [0.717, 1.165) is 22.2 Å². The van der Waals surface area contributed by atoms with Gasteiger partial charge >= 0.3 is 5.97 Å². The standard InChI is InChI=1S/C22H18N2O3/c25-14-21-23-19-7-3-4-8-20(19)24(21)13-15-9-11-16(12-10-15)17-5-1-2-6-18(17)22(26)27/h1-12,25H,13-14H2,(H,26,27). The Hall–Kier alpha value is -3.44. The molecule has 0 aliphatic heterocycles. The molecule has 4 rings (SSSR count). The summed E-state index contributed by atoms with van der Waals surface area (Å²) in [6.45, 7) is 0.454. The van der Waals surface area contributed by atoms with Gasteiger partial charge in [0, 0.05) is 6.54 Å². The van der Waals surface area contributed by atoms with Crippen LogP contribution in [0.15, 0.2) is 72.8 Å². The molecule has 5 nitrogen and oxygen atoms in total. The molecular formula is C22H18N2O3. The van der Waals surface area contributed by atoms with Crippen molar-refractivity contribution in [3.05, 3.63) is 89.7 Å². The number of aliphatic hydroxyl groups is 1. The third kappa shape index (κ3) is 3.20. The van der Waals surface area contributed by atoms with Crippen LogP contribution in [0.4, 0.5) is 0 Å². The van der Waals surface area contributed by atoms with E-state index in [9.17, 15) is 15.0 Å². The largest absolute Gasteiger partial charge is 0.478 e. The van der Waals surface area contributed by atoms with Crippen molar-refractivity contribution in [2.24, 2.45) is 0 Å². The Morgan fingerprint density at radius 1 is 0.926 bits per heavy atom. The zero-order valence-electron chi connectivity index (χ0n) is 14.5. The third-order valence-electron chi connectivity index (χ3n) is 4.64. The second-order valence-electron chi connectivity index (χ2n) is 6.31. The third-order valence-corrected chi connectivity index (χ3v) is 4.64. The number of nitrogens with zero attached hydrogens (tertiary/aromatic N) is 2. The molecule has 0 atom stereocenters. The van der Waals surface area contributed by atoms with Crippen molar-refractivity contribution in [3.63, 3.8) is 0 Å². The maximum atomic E-state index is 11.4. The molecule has 1 heterocycles. The lowest BCUT2D eigenvalue weighted by molar-refractivity contribution is 0.0697. The number of hydrogen-bond donors (Lipinski definition) is 2. The van der Waals surface area contributed by atoms with Crippen LogP contribution in [-0.2, 0) is 13.2 Å². The second kappa shape index (κ2) is 7.05. The van der Waals surface area contributed by atoms with Crippen LogP contribution in [0.3, 0.4) is 0 Å². The normalized spacial score (nSPS) is 11.0. The number of fused-ring (bicyclic) bond motifs is 1. The van der Waals surface area contributed by atoms with Gasteiger partial charge in [-0.3, -0.25) is 0 Å². The summed E-state index contributed by atoms with van der Waals surface area (Å²) < 4.78 is 2.00. The minimum atomic E-state index is -0.938. The Morgan fingerprint density at radius 2 is 1.63 bits per heavy atom. The molecule has 0 fully saturated rings. The van der Waals surface area contributed by atoms with E-state index in [1.54, 1.807) is 12.1 Å². The van der Waals surface area contributed by atoms with Gasteiger partial charge in [-0.25, -0.2) is 9.78 Å². The van der Waals surface area contributed by atoms with Crippen molar-refractivity contribution in [1.82, 2.24) is 9.55 Å². The lowest BCUT2D eigenvalue weighted by atomic mass is 9.99. The van der Waals surface area contributed by atoms with Gasteiger partial charge in [-0.1, -0.05) is 54.6 Å². The smallest absolute Gasteiger partial charge is 0.336 e. The Morgan fingerprint density at radius 3 is 2.37 bits per heavy atom. The summed E-state index contributed by atoms with van der Waals surface area (Å²) >= 11 is 0. The highest BCUT2D eigenvalue weighted by molar-refractivity contribution is 5.96. The number of imidazole rings is 1. The van der Waals surface area contributed by atoms with Gasteiger partial charge in [-0.15, -0.1) is 0 Å². The van der Waals surface area contributed by atoms with Crippen molar-refractivity contribution >= 4 is 17.0 Å². The van der Waals surface area contributed by atoms with Gasteiger partial charge in [0.2, 0.25) is 0 Å². The summed E-state index contributed by atoms with van der Waals surface area (Å²) in [7, 11) is 0. The highest BCUT2D eigenvalue weighted by Gasteiger charge is 2.12. The van der Waals surface area contributed by atoms with E-state index in [-0.39, 0.29) is 12.2 Å². The molecule has 4 aromatic rings. The molecule has 134 valence electrons. The maximum absolute atomic E-state index is 11.4. The molecule has 0 saturated heterocycles. The van der Waals surface area contributed by atoms with E-state index in [1.165, 1.54) is 0 Å². The van der Waals surface area contributed by atoms with Crippen LogP contribution in [0.2, 0.25) is 0 Å². The fourth-order valence-electron chi connectivity index (χ4n) is 3.32. The van der Waals surface area contributed by atoms with Crippen molar-refractivity contribution in [2.75, 3.05) is 0 Å². The molecule has 0 bridgehead atoms. The molecule has 2 N–H and O–H groups in total. The lowest BCUT2D eigenvalue weighted by Crippen LogP contribution is -2.05. The first-order valence-corrected chi connectivity index (χ1v) is 8.64. The minimum absolute atomic E-state index is 0.126. The highest BCUT2D eigenvalue weighted by atomic mass is 16.4. The number of aromatic nitrogens is 2. The van der Waals surface area contributed by atoms with Crippen molar-refractivity contribution in [2.45, 2.75) is 13.2 Å². The maximum Gasteiger partial charge on any atom is 0.336 e. The quantitative estimate of drug-likeness (QED) is 0.567. The lowest BCUT2D eigenvalue weighted by Gasteiger charge is -2.10. The van der Waals surface area contributed by atoms with Gasteiger partial charge in [0.15, 0.2) is 0 Å². The van der Waals surface area contributed by atoms with E-state index in [4.69, 9.17) is 0 Å². The Balaban J connectivity index is 1.68. The SMILES string of the molecule is O=C(O)c1ccccc1-c1ccc(Cn2c(CO)nc3ccccc32)cc1. The molecule has 5 heteroatoms. The van der Waals surface area contributed by atoms with Crippen LogP contribution in [0.1, 0.15) is 21.7 Å². The Kier molecular flexibility index (Phi) is 4.44. The van der Waals surface area contributed by atoms with Crippen LogP contribution in [0.25, 0.3) is 22.2 Å². The van der Waals surface area contributed by atoms with E-state index in [2.05, 4.69) is 4.98 Å². The van der Waals surface area contributed by atoms with Gasteiger partial charge in [0.25, 0.3) is 0 Å². The van der Waals surface area contributed by atoms with E-state index < -0.39 is 5.97 Å². The summed E-state index contributed by atoms with van der Waals surface area (Å²) in [5, 5.41) is 19.0. The molecule has 0 spiro atoms. The topological polar surface area (TPSA) is 75.3 Å². The van der Waals surface area contributed by atoms with E-state index in [0.29, 0.717) is 17.9 Å². The Bertz CT molecular complexity index is 1110. The van der Waals surface area contributed by atoms with Crippen LogP contribution >= 0.6 is 0 Å². The van der Waals surface area contributed by atoms with Gasteiger partial charge in [-0.2, -0.15) is 0 Å². The number of aromatic carboxylic acids is 1.